The summed E-state index contributed by atoms with van der Waals surface area (Å²) >= 11 is 3.41. The second kappa shape index (κ2) is 5.06. The Balaban J connectivity index is 1.71. The van der Waals surface area contributed by atoms with E-state index in [9.17, 15) is 0 Å². The van der Waals surface area contributed by atoms with Crippen LogP contribution in [0.5, 0.6) is 0 Å². The van der Waals surface area contributed by atoms with Crippen LogP contribution in [-0.4, -0.2) is 23.7 Å². The van der Waals surface area contributed by atoms with Gasteiger partial charge in [0.2, 0.25) is 0 Å². The van der Waals surface area contributed by atoms with Crippen molar-refractivity contribution in [1.29, 1.82) is 0 Å². The summed E-state index contributed by atoms with van der Waals surface area (Å²) in [6.45, 7) is 4.98. The van der Waals surface area contributed by atoms with Crippen LogP contribution in [0.2, 0.25) is 0 Å². The van der Waals surface area contributed by atoms with E-state index >= 15 is 0 Å². The van der Waals surface area contributed by atoms with E-state index in [1.54, 1.807) is 0 Å². The number of hydrogen-bond donors (Lipinski definition) is 1. The Morgan fingerprint density at radius 2 is 2.26 bits per heavy atom. The molecule has 0 bridgehead atoms. The molecule has 2 unspecified atom stereocenters. The molecule has 2 aliphatic rings. The number of aryl methyl sites for hydroxylation is 1. The van der Waals surface area contributed by atoms with Crippen molar-refractivity contribution in [2.45, 2.75) is 51.7 Å². The zero-order valence-corrected chi connectivity index (χ0v) is 13.2. The summed E-state index contributed by atoms with van der Waals surface area (Å²) in [5.41, 5.74) is 2.62. The van der Waals surface area contributed by atoms with E-state index in [0.29, 0.717) is 17.6 Å². The number of pyridine rings is 1. The molecule has 2 fully saturated rings. The Labute approximate surface area is 123 Å². The lowest BCUT2D eigenvalue weighted by atomic mass is 9.51. The van der Waals surface area contributed by atoms with Crippen molar-refractivity contribution < 1.29 is 4.74 Å². The second-order valence-corrected chi connectivity index (χ2v) is 6.54. The quantitative estimate of drug-likeness (QED) is 0.852. The smallest absolute Gasteiger partial charge is 0.106 e. The Morgan fingerprint density at radius 1 is 1.47 bits per heavy atom. The number of hydrogen-bond acceptors (Lipinski definition) is 3. The van der Waals surface area contributed by atoms with Gasteiger partial charge in [0.25, 0.3) is 0 Å². The molecule has 0 saturated heterocycles. The van der Waals surface area contributed by atoms with Gasteiger partial charge in [0.1, 0.15) is 4.60 Å². The standard InChI is InChI=1S/C15H21BrN2O/c1-3-19-13-9-12(15(13)7-4-8-15)18-11-5-6-14(16)17-10(11)2/h5-6,12-13,18H,3-4,7-9H2,1-2H3. The first kappa shape index (κ1) is 13.4. The van der Waals surface area contributed by atoms with E-state index in [1.807, 2.05) is 6.07 Å². The predicted octanol–water partition coefficient (Wildman–Crippen LogP) is 3.91. The zero-order valence-electron chi connectivity index (χ0n) is 11.6. The largest absolute Gasteiger partial charge is 0.380 e. The van der Waals surface area contributed by atoms with Crippen LogP contribution in [0.25, 0.3) is 0 Å². The summed E-state index contributed by atoms with van der Waals surface area (Å²) in [5, 5.41) is 3.69. The third-order valence-electron chi connectivity index (χ3n) is 4.82. The summed E-state index contributed by atoms with van der Waals surface area (Å²) in [4.78, 5) is 4.45. The first-order valence-electron chi connectivity index (χ1n) is 7.17. The number of ether oxygens (including phenoxy) is 1. The van der Waals surface area contributed by atoms with E-state index in [2.05, 4.69) is 46.1 Å². The van der Waals surface area contributed by atoms with Crippen LogP contribution in [0.15, 0.2) is 16.7 Å². The Hall–Kier alpha value is -0.610. The van der Waals surface area contributed by atoms with Crippen LogP contribution in [0.3, 0.4) is 0 Å². The van der Waals surface area contributed by atoms with Crippen molar-refractivity contribution in [2.75, 3.05) is 11.9 Å². The summed E-state index contributed by atoms with van der Waals surface area (Å²) in [6.07, 6.45) is 5.55. The lowest BCUT2D eigenvalue weighted by molar-refractivity contribution is -0.157. The fourth-order valence-electron chi connectivity index (χ4n) is 3.51. The van der Waals surface area contributed by atoms with Crippen LogP contribution in [0.1, 0.15) is 38.3 Å². The molecule has 2 saturated carbocycles. The monoisotopic (exact) mass is 324 g/mol. The molecule has 1 heterocycles. The number of anilines is 1. The van der Waals surface area contributed by atoms with Gasteiger partial charge in [0.15, 0.2) is 0 Å². The molecule has 3 nitrogen and oxygen atoms in total. The van der Waals surface area contributed by atoms with E-state index in [1.165, 1.54) is 19.3 Å². The molecule has 0 aromatic carbocycles. The third kappa shape index (κ3) is 2.19. The first-order valence-corrected chi connectivity index (χ1v) is 7.96. The highest BCUT2D eigenvalue weighted by atomic mass is 79.9. The average Bonchev–Trinajstić information content (AvgIpc) is 2.28. The Morgan fingerprint density at radius 3 is 2.84 bits per heavy atom. The van der Waals surface area contributed by atoms with Gasteiger partial charge in [-0.05, 0) is 61.2 Å². The molecule has 2 atom stereocenters. The highest BCUT2D eigenvalue weighted by Gasteiger charge is 2.58. The van der Waals surface area contributed by atoms with Gasteiger partial charge < -0.3 is 10.1 Å². The second-order valence-electron chi connectivity index (χ2n) is 5.73. The van der Waals surface area contributed by atoms with E-state index in [0.717, 1.165) is 29.0 Å². The number of nitrogens with one attached hydrogen (secondary N) is 1. The minimum Gasteiger partial charge on any atom is -0.380 e. The van der Waals surface area contributed by atoms with Crippen molar-refractivity contribution in [3.05, 3.63) is 22.4 Å². The van der Waals surface area contributed by atoms with Crippen molar-refractivity contribution in [3.63, 3.8) is 0 Å². The van der Waals surface area contributed by atoms with Crippen LogP contribution < -0.4 is 5.32 Å². The molecule has 1 spiro atoms. The van der Waals surface area contributed by atoms with Crippen molar-refractivity contribution >= 4 is 21.6 Å². The predicted molar refractivity (Wildman–Crippen MR) is 80.4 cm³/mol. The molecule has 0 radical (unpaired) electrons. The molecule has 1 aromatic rings. The van der Waals surface area contributed by atoms with Crippen molar-refractivity contribution in [2.24, 2.45) is 5.41 Å². The normalized spacial score (nSPS) is 27.7. The van der Waals surface area contributed by atoms with Gasteiger partial charge in [-0.3, -0.25) is 0 Å². The summed E-state index contributed by atoms with van der Waals surface area (Å²) < 4.78 is 6.79. The fourth-order valence-corrected chi connectivity index (χ4v) is 3.91. The maximum atomic E-state index is 5.89. The first-order chi connectivity index (χ1) is 9.15. The molecular formula is C15H21BrN2O. The fraction of sp³-hybridized carbons (Fsp3) is 0.667. The molecule has 1 N–H and O–H groups in total. The minimum atomic E-state index is 0.398. The van der Waals surface area contributed by atoms with Crippen LogP contribution in [-0.2, 0) is 4.74 Å². The summed E-state index contributed by atoms with van der Waals surface area (Å²) in [6, 6.07) is 4.67. The molecule has 2 aliphatic carbocycles. The molecule has 0 aliphatic heterocycles. The highest BCUT2D eigenvalue weighted by Crippen LogP contribution is 2.58. The van der Waals surface area contributed by atoms with E-state index in [-0.39, 0.29) is 0 Å². The summed E-state index contributed by atoms with van der Waals surface area (Å²) in [7, 11) is 0. The topological polar surface area (TPSA) is 34.1 Å². The third-order valence-corrected chi connectivity index (χ3v) is 5.26. The molecule has 0 amide bonds. The molecule has 1 aromatic heterocycles. The highest BCUT2D eigenvalue weighted by molar-refractivity contribution is 9.10. The molecule has 3 rings (SSSR count). The molecular weight excluding hydrogens is 304 g/mol. The molecule has 4 heteroatoms. The number of aromatic nitrogens is 1. The van der Waals surface area contributed by atoms with Gasteiger partial charge in [0.05, 0.1) is 17.5 Å². The van der Waals surface area contributed by atoms with Crippen molar-refractivity contribution in [3.8, 4) is 0 Å². The Kier molecular flexibility index (Phi) is 3.56. The van der Waals surface area contributed by atoms with Gasteiger partial charge in [-0.2, -0.15) is 0 Å². The van der Waals surface area contributed by atoms with Gasteiger partial charge in [-0.15, -0.1) is 0 Å². The number of rotatable bonds is 4. The lowest BCUT2D eigenvalue weighted by Gasteiger charge is -2.61. The van der Waals surface area contributed by atoms with Gasteiger partial charge >= 0.3 is 0 Å². The maximum absolute atomic E-state index is 5.89. The minimum absolute atomic E-state index is 0.398. The molecule has 19 heavy (non-hydrogen) atoms. The number of nitrogens with zero attached hydrogens (tertiary/aromatic N) is 1. The Bertz CT molecular complexity index is 473. The van der Waals surface area contributed by atoms with Crippen molar-refractivity contribution in [1.82, 2.24) is 4.98 Å². The van der Waals surface area contributed by atoms with Gasteiger partial charge in [0, 0.05) is 18.1 Å². The number of halogens is 1. The lowest BCUT2D eigenvalue weighted by Crippen LogP contribution is -2.64. The van der Waals surface area contributed by atoms with Gasteiger partial charge in [-0.1, -0.05) is 6.42 Å². The van der Waals surface area contributed by atoms with E-state index < -0.39 is 0 Å². The molecule has 104 valence electrons. The van der Waals surface area contributed by atoms with E-state index in [4.69, 9.17) is 4.74 Å². The van der Waals surface area contributed by atoms with Gasteiger partial charge in [-0.25, -0.2) is 4.98 Å². The van der Waals surface area contributed by atoms with Crippen LogP contribution >= 0.6 is 15.9 Å². The van der Waals surface area contributed by atoms with Crippen LogP contribution in [0, 0.1) is 12.3 Å². The summed E-state index contributed by atoms with van der Waals surface area (Å²) in [5.74, 6) is 0. The average molecular weight is 325 g/mol. The maximum Gasteiger partial charge on any atom is 0.106 e. The zero-order chi connectivity index (χ0) is 13.5. The van der Waals surface area contributed by atoms with Crippen LogP contribution in [0.4, 0.5) is 5.69 Å². The SMILES string of the molecule is CCOC1CC(Nc2ccc(Br)nc2C)C12CCC2.